The Balaban J connectivity index is 0.000000157. The van der Waals surface area contributed by atoms with Crippen LogP contribution in [-0.4, -0.2) is 80.6 Å². The molecule has 2 atom stereocenters. The Morgan fingerprint density at radius 3 is 1.71 bits per heavy atom. The van der Waals surface area contributed by atoms with Gasteiger partial charge in [-0.1, -0.05) is 18.2 Å². The highest BCUT2D eigenvalue weighted by atomic mass is 19.1. The highest BCUT2D eigenvalue weighted by Crippen LogP contribution is 2.35. The minimum atomic E-state index is -0.426. The number of ketones is 2. The molecular weight excluding hydrogens is 707 g/mol. The average molecular weight is 755 g/mol. The highest BCUT2D eigenvalue weighted by molar-refractivity contribution is 6.01. The van der Waals surface area contributed by atoms with Crippen molar-refractivity contribution in [2.24, 2.45) is 5.92 Å². The molecule has 6 aromatic rings. The van der Waals surface area contributed by atoms with Gasteiger partial charge in [-0.05, 0) is 134 Å². The number of nitrogens with one attached hydrogen (secondary N) is 2. The molecule has 56 heavy (non-hydrogen) atoms. The van der Waals surface area contributed by atoms with Gasteiger partial charge in [0.05, 0.1) is 23.8 Å². The fraction of sp³-hybridized carbons (Fsp3) is 0.348. The Bertz CT molecular complexity index is 2360. The summed E-state index contributed by atoms with van der Waals surface area (Å²) in [4.78, 5) is 44.3. The fourth-order valence-corrected chi connectivity index (χ4v) is 8.29. The summed E-state index contributed by atoms with van der Waals surface area (Å²) in [5.74, 6) is 1.08. The van der Waals surface area contributed by atoms with Crippen LogP contribution in [0.15, 0.2) is 98.1 Å². The Labute approximate surface area is 326 Å². The standard InChI is InChI=1S/2C23H24FN3O/c24-20-7-16(11-25-12-20)8-23(28)22-10-19-9-17(3-4-21(19)26-22)18-5-6-27(14-18)13-15-1-2-15;1-2-3-7-27-8-6-18(15-27)17-4-5-21-19(11-17)12-22(26-21)23(28)10-16-9-20(24)14-25-13-16/h3-4,7,9-12,15,18,26H,1-2,5-6,8,13-14H2;2,4-5,9,11-14,18,26H,1,3,6-8,10,15H2. The second-order valence-electron chi connectivity index (χ2n) is 15.8. The van der Waals surface area contributed by atoms with Gasteiger partial charge in [-0.25, -0.2) is 8.78 Å². The summed E-state index contributed by atoms with van der Waals surface area (Å²) in [7, 11) is 0. The number of aromatic nitrogens is 4. The van der Waals surface area contributed by atoms with Gasteiger partial charge in [-0.3, -0.25) is 19.6 Å². The Hall–Kier alpha value is -5.32. The highest BCUT2D eigenvalue weighted by Gasteiger charge is 2.30. The lowest BCUT2D eigenvalue weighted by Crippen LogP contribution is -2.22. The van der Waals surface area contributed by atoms with Crippen LogP contribution in [0.1, 0.15) is 87.2 Å². The minimum Gasteiger partial charge on any atom is -0.352 e. The Kier molecular flexibility index (Phi) is 11.3. The van der Waals surface area contributed by atoms with Gasteiger partial charge in [0.1, 0.15) is 11.6 Å². The molecule has 3 aliphatic rings. The van der Waals surface area contributed by atoms with E-state index in [4.69, 9.17) is 0 Å². The van der Waals surface area contributed by atoms with Gasteiger partial charge in [0.2, 0.25) is 0 Å². The second kappa shape index (κ2) is 16.8. The van der Waals surface area contributed by atoms with Gasteiger partial charge in [-0.15, -0.1) is 6.58 Å². The number of hydrogen-bond acceptors (Lipinski definition) is 6. The minimum absolute atomic E-state index is 0.0541. The van der Waals surface area contributed by atoms with Crippen molar-refractivity contribution in [3.8, 4) is 0 Å². The predicted molar refractivity (Wildman–Crippen MR) is 216 cm³/mol. The third-order valence-corrected chi connectivity index (χ3v) is 11.5. The monoisotopic (exact) mass is 754 g/mol. The molecule has 288 valence electrons. The Morgan fingerprint density at radius 2 is 1.21 bits per heavy atom. The van der Waals surface area contributed by atoms with Gasteiger partial charge < -0.3 is 19.8 Å². The summed E-state index contributed by atoms with van der Waals surface area (Å²) < 4.78 is 26.6. The lowest BCUT2D eigenvalue weighted by atomic mass is 9.97. The molecule has 0 bridgehead atoms. The average Bonchev–Trinajstić information content (AvgIpc) is 3.60. The van der Waals surface area contributed by atoms with Gasteiger partial charge in [0.15, 0.2) is 11.6 Å². The van der Waals surface area contributed by atoms with Gasteiger partial charge in [-0.2, -0.15) is 0 Å². The maximum absolute atomic E-state index is 13.3. The summed E-state index contributed by atoms with van der Waals surface area (Å²) in [5, 5.41) is 2.11. The van der Waals surface area contributed by atoms with E-state index in [1.54, 1.807) is 0 Å². The van der Waals surface area contributed by atoms with Crippen LogP contribution in [0.3, 0.4) is 0 Å². The van der Waals surface area contributed by atoms with E-state index >= 15 is 0 Å². The molecule has 8 nitrogen and oxygen atoms in total. The van der Waals surface area contributed by atoms with Crippen molar-refractivity contribution in [1.29, 1.82) is 0 Å². The number of likely N-dealkylation sites (tertiary alicyclic amines) is 2. The summed E-state index contributed by atoms with van der Waals surface area (Å²) in [6, 6.07) is 19.4. The number of pyridine rings is 2. The molecule has 2 aromatic carbocycles. The Morgan fingerprint density at radius 1 is 0.696 bits per heavy atom. The van der Waals surface area contributed by atoms with Crippen LogP contribution in [0, 0.1) is 17.6 Å². The van der Waals surface area contributed by atoms with Crippen molar-refractivity contribution >= 4 is 33.4 Å². The zero-order chi connectivity index (χ0) is 38.6. The van der Waals surface area contributed by atoms with E-state index in [1.807, 2.05) is 18.2 Å². The molecule has 1 aliphatic carbocycles. The summed E-state index contributed by atoms with van der Waals surface area (Å²) in [5.41, 5.74) is 6.89. The number of benzene rings is 2. The molecule has 0 spiro atoms. The molecule has 10 heteroatoms. The first-order valence-corrected chi connectivity index (χ1v) is 19.8. The molecule has 1 saturated carbocycles. The maximum atomic E-state index is 13.3. The largest absolute Gasteiger partial charge is 0.352 e. The van der Waals surface area contributed by atoms with Crippen LogP contribution in [0.2, 0.25) is 0 Å². The molecule has 0 radical (unpaired) electrons. The quantitative estimate of drug-likeness (QED) is 0.0904. The number of rotatable bonds is 13. The molecule has 6 heterocycles. The van der Waals surface area contributed by atoms with E-state index < -0.39 is 11.6 Å². The van der Waals surface area contributed by atoms with E-state index in [0.29, 0.717) is 34.4 Å². The van der Waals surface area contributed by atoms with Crippen molar-refractivity contribution in [3.05, 3.63) is 143 Å². The number of carbonyl (C=O) groups excluding carboxylic acids is 2. The van der Waals surface area contributed by atoms with Crippen LogP contribution in [-0.2, 0) is 12.8 Å². The number of carbonyl (C=O) groups is 2. The van der Waals surface area contributed by atoms with Crippen LogP contribution in [0.25, 0.3) is 21.8 Å². The van der Waals surface area contributed by atoms with Crippen LogP contribution < -0.4 is 0 Å². The van der Waals surface area contributed by atoms with Crippen molar-refractivity contribution in [3.63, 3.8) is 0 Å². The van der Waals surface area contributed by atoms with Crippen molar-refractivity contribution in [1.82, 2.24) is 29.7 Å². The smallest absolute Gasteiger partial charge is 0.183 e. The molecular formula is C46H48F2N6O2. The molecule has 2 aliphatic heterocycles. The SMILES string of the molecule is C=CCCN1CCC(c2ccc3[nH]c(C(=O)Cc4cncc(F)c4)cc3c2)C1.O=C(Cc1cncc(F)c1)c1cc2cc(C3CCN(CC4CC4)C3)ccc2[nH]1. The lowest BCUT2D eigenvalue weighted by Gasteiger charge is -2.15. The summed E-state index contributed by atoms with van der Waals surface area (Å²) >= 11 is 0. The first-order valence-electron chi connectivity index (χ1n) is 19.8. The van der Waals surface area contributed by atoms with E-state index in [2.05, 4.69) is 72.7 Å². The third kappa shape index (κ3) is 9.20. The number of aromatic amines is 2. The maximum Gasteiger partial charge on any atom is 0.183 e. The number of Topliss-reactive ketones (excluding diaryl/α,β-unsaturated/α-hetero) is 2. The fourth-order valence-electron chi connectivity index (χ4n) is 8.29. The first-order chi connectivity index (χ1) is 27.3. The molecule has 2 N–H and O–H groups in total. The molecule has 2 saturated heterocycles. The van der Waals surface area contributed by atoms with E-state index in [1.165, 1.54) is 68.0 Å². The number of H-pyrrole nitrogens is 2. The number of fused-ring (bicyclic) bond motifs is 2. The normalized spacial score (nSPS) is 18.7. The number of hydrogen-bond donors (Lipinski definition) is 2. The number of halogens is 2. The zero-order valence-electron chi connectivity index (χ0n) is 31.7. The van der Waals surface area contributed by atoms with Gasteiger partial charge in [0, 0.05) is 73.2 Å². The topological polar surface area (TPSA) is 98.0 Å². The van der Waals surface area contributed by atoms with Crippen molar-refractivity contribution in [2.75, 3.05) is 39.3 Å². The van der Waals surface area contributed by atoms with Crippen LogP contribution in [0.5, 0.6) is 0 Å². The summed E-state index contributed by atoms with van der Waals surface area (Å²) in [6.07, 6.45) is 13.8. The van der Waals surface area contributed by atoms with Crippen LogP contribution in [0.4, 0.5) is 8.78 Å². The third-order valence-electron chi connectivity index (χ3n) is 11.5. The molecule has 0 amide bonds. The molecule has 9 rings (SSSR count). The molecule has 4 aromatic heterocycles. The molecule has 3 fully saturated rings. The molecule has 2 unspecified atom stereocenters. The van der Waals surface area contributed by atoms with E-state index in [-0.39, 0.29) is 24.4 Å². The van der Waals surface area contributed by atoms with Crippen molar-refractivity contribution < 1.29 is 18.4 Å². The van der Waals surface area contributed by atoms with Crippen molar-refractivity contribution in [2.45, 2.75) is 56.8 Å². The lowest BCUT2D eigenvalue weighted by molar-refractivity contribution is 0.0981. The van der Waals surface area contributed by atoms with E-state index in [9.17, 15) is 18.4 Å². The second-order valence-corrected chi connectivity index (χ2v) is 15.8. The number of nitrogens with zero attached hydrogens (tertiary/aromatic N) is 4. The summed E-state index contributed by atoms with van der Waals surface area (Å²) in [6.45, 7) is 10.7. The predicted octanol–water partition coefficient (Wildman–Crippen LogP) is 8.82. The van der Waals surface area contributed by atoms with E-state index in [0.717, 1.165) is 79.1 Å². The van der Waals surface area contributed by atoms with Gasteiger partial charge >= 0.3 is 0 Å². The first kappa shape index (κ1) is 37.6. The van der Waals surface area contributed by atoms with Gasteiger partial charge in [0.25, 0.3) is 0 Å². The zero-order valence-corrected chi connectivity index (χ0v) is 31.7. The van der Waals surface area contributed by atoms with Crippen LogP contribution >= 0.6 is 0 Å².